The number of benzene rings is 2. The Morgan fingerprint density at radius 3 is 2.60 bits per heavy atom. The van der Waals surface area contributed by atoms with Crippen LogP contribution in [0.2, 0.25) is 0 Å². The Bertz CT molecular complexity index is 831. The Kier molecular flexibility index (Phi) is 5.18. The first-order valence-electron chi connectivity index (χ1n) is 8.11. The molecule has 5 nitrogen and oxygen atoms in total. The second-order valence-electron chi connectivity index (χ2n) is 5.74. The van der Waals surface area contributed by atoms with Crippen LogP contribution in [0.15, 0.2) is 61.2 Å². The van der Waals surface area contributed by atoms with Crippen molar-refractivity contribution in [2.75, 3.05) is 6.54 Å². The molecular weight excluding hydrogens is 319 g/mol. The molecule has 0 radical (unpaired) electrons. The highest BCUT2D eigenvalue weighted by Crippen LogP contribution is 2.13. The van der Waals surface area contributed by atoms with Crippen molar-refractivity contribution in [3.05, 3.63) is 83.7 Å². The van der Waals surface area contributed by atoms with Crippen molar-refractivity contribution in [3.8, 4) is 0 Å². The van der Waals surface area contributed by atoms with E-state index in [0.29, 0.717) is 25.2 Å². The summed E-state index contributed by atoms with van der Waals surface area (Å²) in [6.07, 6.45) is 3.14. The largest absolute Gasteiger partial charge is 0.335 e. The molecular formula is C19H19FN4O. The van der Waals surface area contributed by atoms with Crippen molar-refractivity contribution in [2.45, 2.75) is 20.0 Å². The lowest BCUT2D eigenvalue weighted by Crippen LogP contribution is -2.30. The molecule has 0 atom stereocenters. The molecule has 6 heteroatoms. The summed E-state index contributed by atoms with van der Waals surface area (Å²) < 4.78 is 15.1. The van der Waals surface area contributed by atoms with Crippen LogP contribution in [0.3, 0.4) is 0 Å². The zero-order valence-electron chi connectivity index (χ0n) is 14.0. The summed E-state index contributed by atoms with van der Waals surface area (Å²) in [4.78, 5) is 18.3. The fourth-order valence-electron chi connectivity index (χ4n) is 2.62. The molecule has 3 aromatic rings. The Morgan fingerprint density at radius 1 is 1.16 bits per heavy atom. The highest BCUT2D eigenvalue weighted by Gasteiger charge is 2.14. The summed E-state index contributed by atoms with van der Waals surface area (Å²) in [6.45, 7) is 3.45. The van der Waals surface area contributed by atoms with E-state index in [-0.39, 0.29) is 11.7 Å². The van der Waals surface area contributed by atoms with Crippen LogP contribution in [-0.4, -0.2) is 32.1 Å². The maximum atomic E-state index is 13.3. The number of hydrogen-bond donors (Lipinski definition) is 0. The first-order chi connectivity index (χ1) is 12.2. The van der Waals surface area contributed by atoms with Crippen molar-refractivity contribution in [3.63, 3.8) is 0 Å². The molecule has 0 N–H and O–H groups in total. The Balaban J connectivity index is 1.69. The van der Waals surface area contributed by atoms with Gasteiger partial charge in [0, 0.05) is 18.7 Å². The van der Waals surface area contributed by atoms with Gasteiger partial charge in [-0.15, -0.1) is 0 Å². The summed E-state index contributed by atoms with van der Waals surface area (Å²) in [7, 11) is 0. The third-order valence-electron chi connectivity index (χ3n) is 3.94. The minimum absolute atomic E-state index is 0.0703. The Hall–Kier alpha value is -3.02. The number of halogens is 1. The van der Waals surface area contributed by atoms with Crippen molar-refractivity contribution < 1.29 is 9.18 Å². The standard InChI is InChI=1S/C19H19FN4O/c1-2-23(11-16-4-3-5-18(20)10-16)19(25)17-8-6-15(7-9-17)12-24-14-21-13-22-24/h3-10,13-14H,2,11-12H2,1H3. The van der Waals surface area contributed by atoms with Crippen molar-refractivity contribution in [1.29, 1.82) is 0 Å². The summed E-state index contributed by atoms with van der Waals surface area (Å²) >= 11 is 0. The number of carbonyl (C=O) groups excluding carboxylic acids is 1. The lowest BCUT2D eigenvalue weighted by molar-refractivity contribution is 0.0752. The molecule has 0 spiro atoms. The molecule has 128 valence electrons. The second-order valence-corrected chi connectivity index (χ2v) is 5.74. The molecule has 1 heterocycles. The van der Waals surface area contributed by atoms with Gasteiger partial charge in [0.15, 0.2) is 0 Å². The van der Waals surface area contributed by atoms with E-state index in [0.717, 1.165) is 11.1 Å². The lowest BCUT2D eigenvalue weighted by Gasteiger charge is -2.21. The van der Waals surface area contributed by atoms with Gasteiger partial charge in [0.2, 0.25) is 0 Å². The van der Waals surface area contributed by atoms with Gasteiger partial charge >= 0.3 is 0 Å². The van der Waals surface area contributed by atoms with E-state index in [4.69, 9.17) is 0 Å². The number of nitrogens with zero attached hydrogens (tertiary/aromatic N) is 4. The topological polar surface area (TPSA) is 51.0 Å². The fraction of sp³-hybridized carbons (Fsp3) is 0.211. The Labute approximate surface area is 145 Å². The van der Waals surface area contributed by atoms with Gasteiger partial charge in [0.25, 0.3) is 5.91 Å². The highest BCUT2D eigenvalue weighted by molar-refractivity contribution is 5.94. The molecule has 25 heavy (non-hydrogen) atoms. The van der Waals surface area contributed by atoms with Crippen LogP contribution in [0.4, 0.5) is 4.39 Å². The first kappa shape index (κ1) is 16.8. The monoisotopic (exact) mass is 338 g/mol. The average Bonchev–Trinajstić information content (AvgIpc) is 3.13. The second kappa shape index (κ2) is 7.70. The summed E-state index contributed by atoms with van der Waals surface area (Å²) in [5.74, 6) is -0.363. The van der Waals surface area contributed by atoms with Gasteiger partial charge in [0.05, 0.1) is 6.54 Å². The molecule has 1 amide bonds. The van der Waals surface area contributed by atoms with E-state index in [1.807, 2.05) is 37.3 Å². The van der Waals surface area contributed by atoms with E-state index in [1.165, 1.54) is 18.5 Å². The summed E-state index contributed by atoms with van der Waals surface area (Å²) in [5, 5.41) is 4.06. The first-order valence-corrected chi connectivity index (χ1v) is 8.11. The van der Waals surface area contributed by atoms with Crippen LogP contribution in [-0.2, 0) is 13.1 Å². The molecule has 0 aliphatic carbocycles. The smallest absolute Gasteiger partial charge is 0.254 e. The number of amides is 1. The van der Waals surface area contributed by atoms with E-state index < -0.39 is 0 Å². The zero-order valence-corrected chi connectivity index (χ0v) is 14.0. The zero-order chi connectivity index (χ0) is 17.6. The van der Waals surface area contributed by atoms with Crippen LogP contribution in [0.5, 0.6) is 0 Å². The van der Waals surface area contributed by atoms with Crippen molar-refractivity contribution in [2.24, 2.45) is 0 Å². The number of hydrogen-bond acceptors (Lipinski definition) is 3. The summed E-state index contributed by atoms with van der Waals surface area (Å²) in [5.41, 5.74) is 2.42. The third kappa shape index (κ3) is 4.29. The molecule has 0 unspecified atom stereocenters. The van der Waals surface area contributed by atoms with Crippen LogP contribution in [0, 0.1) is 5.82 Å². The maximum absolute atomic E-state index is 13.3. The van der Waals surface area contributed by atoms with E-state index in [1.54, 1.807) is 22.0 Å². The predicted molar refractivity (Wildman–Crippen MR) is 92.4 cm³/mol. The molecule has 3 rings (SSSR count). The molecule has 1 aromatic heterocycles. The predicted octanol–water partition coefficient (Wildman–Crippen LogP) is 3.13. The third-order valence-corrected chi connectivity index (χ3v) is 3.94. The lowest BCUT2D eigenvalue weighted by atomic mass is 10.1. The quantitative estimate of drug-likeness (QED) is 0.694. The van der Waals surface area contributed by atoms with E-state index in [9.17, 15) is 9.18 Å². The van der Waals surface area contributed by atoms with Gasteiger partial charge in [-0.3, -0.25) is 4.79 Å². The van der Waals surface area contributed by atoms with Crippen LogP contribution in [0.25, 0.3) is 0 Å². The van der Waals surface area contributed by atoms with Crippen molar-refractivity contribution in [1.82, 2.24) is 19.7 Å². The molecule has 0 bridgehead atoms. The van der Waals surface area contributed by atoms with Gasteiger partial charge in [-0.25, -0.2) is 14.1 Å². The number of carbonyl (C=O) groups is 1. The molecule has 0 saturated carbocycles. The van der Waals surface area contributed by atoms with Gasteiger partial charge in [-0.05, 0) is 42.3 Å². The van der Waals surface area contributed by atoms with Crippen molar-refractivity contribution >= 4 is 5.91 Å². The van der Waals surface area contributed by atoms with Crippen LogP contribution < -0.4 is 0 Å². The minimum Gasteiger partial charge on any atom is -0.335 e. The molecule has 0 aliphatic heterocycles. The highest BCUT2D eigenvalue weighted by atomic mass is 19.1. The SMILES string of the molecule is CCN(Cc1cccc(F)c1)C(=O)c1ccc(Cn2cncn2)cc1. The normalized spacial score (nSPS) is 10.6. The number of rotatable bonds is 6. The Morgan fingerprint density at radius 2 is 1.96 bits per heavy atom. The van der Waals surface area contributed by atoms with Crippen LogP contribution >= 0.6 is 0 Å². The minimum atomic E-state index is -0.293. The molecule has 0 aliphatic rings. The van der Waals surface area contributed by atoms with Gasteiger partial charge in [-0.1, -0.05) is 24.3 Å². The van der Waals surface area contributed by atoms with Gasteiger partial charge in [0.1, 0.15) is 18.5 Å². The summed E-state index contributed by atoms with van der Waals surface area (Å²) in [6, 6.07) is 13.8. The fourth-order valence-corrected chi connectivity index (χ4v) is 2.62. The molecule has 2 aromatic carbocycles. The van der Waals surface area contributed by atoms with Gasteiger partial charge < -0.3 is 4.90 Å². The van der Waals surface area contributed by atoms with E-state index in [2.05, 4.69) is 10.1 Å². The number of aromatic nitrogens is 3. The molecule has 0 saturated heterocycles. The van der Waals surface area contributed by atoms with E-state index >= 15 is 0 Å². The average molecular weight is 338 g/mol. The maximum Gasteiger partial charge on any atom is 0.254 e. The molecule has 0 fully saturated rings. The van der Waals surface area contributed by atoms with Gasteiger partial charge in [-0.2, -0.15) is 5.10 Å². The van der Waals surface area contributed by atoms with Crippen LogP contribution in [0.1, 0.15) is 28.4 Å².